The highest BCUT2D eigenvalue weighted by Crippen LogP contribution is 2.36. The topological polar surface area (TPSA) is 177 Å². The Balaban J connectivity index is 2.19. The van der Waals surface area contributed by atoms with Gasteiger partial charge in [-0.25, -0.2) is 9.97 Å². The van der Waals surface area contributed by atoms with E-state index in [1.54, 1.807) is 0 Å². The van der Waals surface area contributed by atoms with Gasteiger partial charge in [0.2, 0.25) is 0 Å². The van der Waals surface area contributed by atoms with Crippen LogP contribution < -0.4 is 0 Å². The number of carbonyl (C=O) groups is 1. The Morgan fingerprint density at radius 1 is 0.737 bits per heavy atom. The fourth-order valence-electron chi connectivity index (χ4n) is 2.83. The fourth-order valence-corrected chi connectivity index (χ4v) is 8.45. The highest BCUT2D eigenvalue weighted by Gasteiger charge is 2.24. The SMILES string of the molecule is O=C(CC(SCCS(=O)(=O)O)c1cnc(SCCl)cn1)CC(SCCS(=O)(=O)O)c1cnc(SCCl)cn1. The van der Waals surface area contributed by atoms with Crippen molar-refractivity contribution in [1.29, 1.82) is 0 Å². The third-order valence-corrected chi connectivity index (χ3v) is 10.9. The van der Waals surface area contributed by atoms with Crippen LogP contribution in [0, 0.1) is 0 Å². The van der Waals surface area contributed by atoms with E-state index < -0.39 is 42.2 Å². The van der Waals surface area contributed by atoms with E-state index in [9.17, 15) is 21.6 Å². The van der Waals surface area contributed by atoms with E-state index in [0.717, 1.165) is 23.5 Å². The Kier molecular flexibility index (Phi) is 14.9. The molecular weight excluding hydrogens is 660 g/mol. The summed E-state index contributed by atoms with van der Waals surface area (Å²) in [5.41, 5.74) is 0.908. The Hall–Kier alpha value is -0.370. The summed E-state index contributed by atoms with van der Waals surface area (Å²) in [5.74, 6) is -1.16. The molecule has 2 atom stereocenters. The monoisotopic (exact) mass is 682 g/mol. The molecule has 11 nitrogen and oxygen atoms in total. The van der Waals surface area contributed by atoms with Gasteiger partial charge in [0.1, 0.15) is 15.8 Å². The van der Waals surface area contributed by atoms with Crippen LogP contribution in [0.3, 0.4) is 0 Å². The molecule has 38 heavy (non-hydrogen) atoms. The quantitative estimate of drug-likeness (QED) is 0.130. The lowest BCUT2D eigenvalue weighted by Crippen LogP contribution is -2.14. The lowest BCUT2D eigenvalue weighted by Gasteiger charge is -2.18. The molecule has 0 aliphatic heterocycles. The van der Waals surface area contributed by atoms with E-state index in [1.165, 1.54) is 48.3 Å². The summed E-state index contributed by atoms with van der Waals surface area (Å²) < 4.78 is 62.9. The van der Waals surface area contributed by atoms with Crippen molar-refractivity contribution < 1.29 is 30.7 Å². The first-order valence-electron chi connectivity index (χ1n) is 10.6. The normalized spacial score (nSPS) is 13.8. The van der Waals surface area contributed by atoms with Crippen molar-refractivity contribution in [2.45, 2.75) is 33.4 Å². The second-order valence-corrected chi connectivity index (χ2v) is 16.2. The third kappa shape index (κ3) is 13.8. The molecule has 0 saturated carbocycles. The lowest BCUT2D eigenvalue weighted by molar-refractivity contribution is -0.119. The number of thioether (sulfide) groups is 4. The van der Waals surface area contributed by atoms with E-state index in [0.29, 0.717) is 21.4 Å². The van der Waals surface area contributed by atoms with Crippen LogP contribution >= 0.6 is 70.2 Å². The van der Waals surface area contributed by atoms with Gasteiger partial charge >= 0.3 is 0 Å². The highest BCUT2D eigenvalue weighted by atomic mass is 35.5. The van der Waals surface area contributed by atoms with Gasteiger partial charge in [-0.2, -0.15) is 40.4 Å². The summed E-state index contributed by atoms with van der Waals surface area (Å²) in [6.07, 6.45) is 5.93. The van der Waals surface area contributed by atoms with Gasteiger partial charge in [0.05, 0.1) is 68.6 Å². The summed E-state index contributed by atoms with van der Waals surface area (Å²) in [6.45, 7) is 0. The molecule has 2 heterocycles. The first-order valence-corrected chi connectivity index (χ1v) is 18.9. The minimum atomic E-state index is -4.19. The molecule has 2 aromatic rings. The molecule has 0 fully saturated rings. The molecule has 0 aliphatic rings. The van der Waals surface area contributed by atoms with Crippen LogP contribution in [0.4, 0.5) is 0 Å². The number of hydrogen-bond acceptors (Lipinski definition) is 13. The molecule has 0 saturated heterocycles. The van der Waals surface area contributed by atoms with E-state index in [2.05, 4.69) is 19.9 Å². The second-order valence-electron chi connectivity index (χ2n) is 7.30. The van der Waals surface area contributed by atoms with Gasteiger partial charge in [-0.15, -0.1) is 23.2 Å². The first kappa shape index (κ1) is 33.8. The fraction of sp³-hybridized carbons (Fsp3) is 0.526. The van der Waals surface area contributed by atoms with E-state index in [-0.39, 0.29) is 40.6 Å². The van der Waals surface area contributed by atoms with Crippen LogP contribution in [0.25, 0.3) is 0 Å². The van der Waals surface area contributed by atoms with Gasteiger partial charge in [0.25, 0.3) is 20.2 Å². The van der Waals surface area contributed by atoms with Gasteiger partial charge in [-0.1, -0.05) is 23.5 Å². The lowest BCUT2D eigenvalue weighted by atomic mass is 10.1. The van der Waals surface area contributed by atoms with Gasteiger partial charge in [-0.3, -0.25) is 23.9 Å². The van der Waals surface area contributed by atoms with Gasteiger partial charge in [0.15, 0.2) is 0 Å². The molecule has 2 unspecified atom stereocenters. The molecule has 0 spiro atoms. The van der Waals surface area contributed by atoms with Crippen LogP contribution in [0.15, 0.2) is 34.8 Å². The molecule has 0 amide bonds. The molecular formula is C19H24Cl2N4O7S6. The van der Waals surface area contributed by atoms with Crippen molar-refractivity contribution in [3.05, 3.63) is 36.2 Å². The number of carbonyl (C=O) groups excluding carboxylic acids is 1. The summed E-state index contributed by atoms with van der Waals surface area (Å²) in [7, 11) is -8.38. The minimum Gasteiger partial charge on any atom is -0.300 e. The third-order valence-electron chi connectivity index (χ3n) is 4.51. The van der Waals surface area contributed by atoms with Gasteiger partial charge < -0.3 is 0 Å². The van der Waals surface area contributed by atoms with E-state index >= 15 is 0 Å². The summed E-state index contributed by atoms with van der Waals surface area (Å²) in [5, 5.41) is 0.629. The maximum atomic E-state index is 13.2. The van der Waals surface area contributed by atoms with Crippen LogP contribution in [0.1, 0.15) is 34.7 Å². The Bertz CT molecular complexity index is 1140. The molecule has 0 aliphatic carbocycles. The molecule has 212 valence electrons. The smallest absolute Gasteiger partial charge is 0.265 e. The average molecular weight is 684 g/mol. The summed E-state index contributed by atoms with van der Waals surface area (Å²) in [4.78, 5) is 30.4. The van der Waals surface area contributed by atoms with Crippen LogP contribution in [-0.2, 0) is 25.0 Å². The number of nitrogens with zero attached hydrogens (tertiary/aromatic N) is 4. The number of ketones is 1. The zero-order chi connectivity index (χ0) is 28.2. The molecule has 2 N–H and O–H groups in total. The first-order chi connectivity index (χ1) is 17.9. The van der Waals surface area contributed by atoms with Crippen LogP contribution in [-0.4, -0.2) is 85.1 Å². The van der Waals surface area contributed by atoms with Crippen molar-refractivity contribution in [2.75, 3.05) is 33.4 Å². The van der Waals surface area contributed by atoms with Crippen molar-refractivity contribution >= 4 is 96.3 Å². The molecule has 19 heteroatoms. The van der Waals surface area contributed by atoms with Gasteiger partial charge in [-0.05, 0) is 0 Å². The largest absolute Gasteiger partial charge is 0.300 e. The van der Waals surface area contributed by atoms with Crippen molar-refractivity contribution in [2.24, 2.45) is 0 Å². The van der Waals surface area contributed by atoms with Crippen LogP contribution in [0.5, 0.6) is 0 Å². The number of Topliss-reactive ketones (excluding diaryl/α,β-unsaturated/α-hetero) is 1. The Labute approximate surface area is 248 Å². The van der Waals surface area contributed by atoms with Crippen molar-refractivity contribution in [3.63, 3.8) is 0 Å². The molecule has 0 radical (unpaired) electrons. The van der Waals surface area contributed by atoms with Gasteiger partial charge in [0, 0.05) is 24.3 Å². The summed E-state index contributed by atoms with van der Waals surface area (Å²) >= 11 is 16.2. The van der Waals surface area contributed by atoms with Crippen molar-refractivity contribution in [3.8, 4) is 0 Å². The molecule has 0 bridgehead atoms. The van der Waals surface area contributed by atoms with Crippen molar-refractivity contribution in [1.82, 2.24) is 19.9 Å². The molecule has 2 rings (SSSR count). The summed E-state index contributed by atoms with van der Waals surface area (Å²) in [6, 6.07) is 0. The number of halogens is 2. The standard InChI is InChI=1S/C19H24Cl2N4O7S6/c20-11-35-18-9-22-14(7-24-18)16(33-1-3-37(27,28)29)5-13(26)6-17(34-2-4-38(30,31)32)15-8-25-19(10-23-15)36-12-21/h7-10,16-17H,1-6,11-12H2,(H,27,28,29)(H,30,31,32). The zero-order valence-electron chi connectivity index (χ0n) is 19.6. The Morgan fingerprint density at radius 2 is 1.13 bits per heavy atom. The zero-order valence-corrected chi connectivity index (χ0v) is 26.0. The highest BCUT2D eigenvalue weighted by molar-refractivity contribution is 8.01. The predicted molar refractivity (Wildman–Crippen MR) is 155 cm³/mol. The maximum Gasteiger partial charge on any atom is 0.265 e. The second kappa shape index (κ2) is 16.8. The van der Waals surface area contributed by atoms with Crippen LogP contribution in [0.2, 0.25) is 0 Å². The Morgan fingerprint density at radius 3 is 1.42 bits per heavy atom. The number of aromatic nitrogens is 4. The predicted octanol–water partition coefficient (Wildman–Crippen LogP) is 4.22. The number of rotatable bonds is 18. The molecule has 0 aromatic carbocycles. The molecule has 2 aromatic heterocycles. The minimum absolute atomic E-state index is 0.0222. The maximum absolute atomic E-state index is 13.2. The van der Waals surface area contributed by atoms with E-state index in [1.807, 2.05) is 0 Å². The van der Waals surface area contributed by atoms with E-state index in [4.69, 9.17) is 32.3 Å². The average Bonchev–Trinajstić information content (AvgIpc) is 2.83. The number of hydrogen-bond donors (Lipinski definition) is 2. The number of alkyl halides is 2.